The monoisotopic (exact) mass is 583 g/mol. The number of amides is 3. The number of ether oxygens (including phenoxy) is 3. The van der Waals surface area contributed by atoms with E-state index in [0.717, 1.165) is 9.80 Å². The van der Waals surface area contributed by atoms with Crippen LogP contribution in [0.5, 0.6) is 0 Å². The van der Waals surface area contributed by atoms with Gasteiger partial charge in [-0.05, 0) is 37.5 Å². The Hall–Kier alpha value is -3.18. The number of cyclic esters (lactones) is 3. The number of likely N-dealkylation sites (N-methyl/N-ethyl adjacent to an activating group) is 3. The summed E-state index contributed by atoms with van der Waals surface area (Å²) in [6.07, 6.45) is -3.85. The molecule has 1 rings (SSSR count). The molecule has 0 saturated carbocycles. The Balaban J connectivity index is 3.72. The van der Waals surface area contributed by atoms with Crippen molar-refractivity contribution in [3.05, 3.63) is 0 Å². The average molecular weight is 584 g/mol. The number of esters is 3. The molecule has 0 aliphatic carbocycles. The molecule has 0 aromatic rings. The molecule has 12 heteroatoms. The van der Waals surface area contributed by atoms with E-state index in [1.807, 2.05) is 0 Å². The molecule has 6 atom stereocenters. The Morgan fingerprint density at radius 3 is 1.00 bits per heavy atom. The van der Waals surface area contributed by atoms with Gasteiger partial charge in [0.1, 0.15) is 18.1 Å². The molecule has 1 heterocycles. The van der Waals surface area contributed by atoms with Gasteiger partial charge in [0.25, 0.3) is 17.7 Å². The third-order valence-corrected chi connectivity index (χ3v) is 7.29. The van der Waals surface area contributed by atoms with Crippen molar-refractivity contribution in [1.82, 2.24) is 14.7 Å². The third kappa shape index (κ3) is 8.42. The molecule has 1 aliphatic heterocycles. The van der Waals surface area contributed by atoms with Crippen LogP contribution in [0.4, 0.5) is 0 Å². The predicted molar refractivity (Wildman–Crippen MR) is 150 cm³/mol. The van der Waals surface area contributed by atoms with Crippen molar-refractivity contribution in [1.29, 1.82) is 0 Å². The van der Waals surface area contributed by atoms with Crippen LogP contribution < -0.4 is 0 Å². The highest BCUT2D eigenvalue weighted by molar-refractivity contribution is 5.93. The van der Waals surface area contributed by atoms with Crippen LogP contribution in [0.1, 0.15) is 69.2 Å². The van der Waals surface area contributed by atoms with Gasteiger partial charge in [-0.15, -0.1) is 0 Å². The molecule has 234 valence electrons. The fourth-order valence-electron chi connectivity index (χ4n) is 5.07. The van der Waals surface area contributed by atoms with Crippen molar-refractivity contribution in [2.24, 2.45) is 23.7 Å². The van der Waals surface area contributed by atoms with Crippen molar-refractivity contribution in [3.63, 3.8) is 0 Å². The summed E-state index contributed by atoms with van der Waals surface area (Å²) in [4.78, 5) is 83.7. The Bertz CT molecular complexity index is 988. The highest BCUT2D eigenvalue weighted by atomic mass is 16.6. The van der Waals surface area contributed by atoms with Gasteiger partial charge in [0.15, 0.2) is 18.3 Å². The van der Waals surface area contributed by atoms with Gasteiger partial charge >= 0.3 is 17.9 Å². The van der Waals surface area contributed by atoms with Gasteiger partial charge in [-0.2, -0.15) is 0 Å². The Kier molecular flexibility index (Phi) is 12.8. The SMILES string of the molecule is CC(C)[C@H]1C(=O)O[C@H](C(C)C)C(=O)N(C)[C@@H](C(C)C)C(=O)O[C@H](C)C(=O)N(C)[C@@H](C(C)C)C(=O)O[C@H](C)C(=O)N1C. The van der Waals surface area contributed by atoms with Gasteiger partial charge < -0.3 is 28.9 Å². The van der Waals surface area contributed by atoms with Gasteiger partial charge in [-0.1, -0.05) is 55.4 Å². The molecule has 1 saturated heterocycles. The smallest absolute Gasteiger partial charge is 0.329 e. The standard InChI is InChI=1S/C29H49N3O9/c1-14(2)20-27(36)39-19(10)25(34)31(12)22(16(5)6)29(38)41-23(17(7)8)26(35)32(13)21(15(3)4)28(37)40-18(9)24(33)30(20)11/h14-23H,1-13H3/t18-,19-,20+,21+,22+,23-/m1/s1. The zero-order valence-corrected chi connectivity index (χ0v) is 26.8. The van der Waals surface area contributed by atoms with E-state index in [0.29, 0.717) is 0 Å². The molecule has 1 fully saturated rings. The summed E-state index contributed by atoms with van der Waals surface area (Å²) in [5, 5.41) is 0. The zero-order chi connectivity index (χ0) is 32.1. The lowest BCUT2D eigenvalue weighted by Gasteiger charge is -2.37. The topological polar surface area (TPSA) is 140 Å². The van der Waals surface area contributed by atoms with Gasteiger partial charge in [0.2, 0.25) is 0 Å². The van der Waals surface area contributed by atoms with Crippen LogP contribution in [0, 0.1) is 23.7 Å². The highest BCUT2D eigenvalue weighted by Crippen LogP contribution is 2.22. The summed E-state index contributed by atoms with van der Waals surface area (Å²) in [6.45, 7) is 16.4. The third-order valence-electron chi connectivity index (χ3n) is 7.29. The summed E-state index contributed by atoms with van der Waals surface area (Å²) >= 11 is 0. The van der Waals surface area contributed by atoms with Crippen LogP contribution in [0.15, 0.2) is 0 Å². The van der Waals surface area contributed by atoms with Gasteiger partial charge in [0, 0.05) is 21.1 Å². The molecule has 3 amide bonds. The number of hydrogen-bond acceptors (Lipinski definition) is 9. The molecule has 12 nitrogen and oxygen atoms in total. The summed E-state index contributed by atoms with van der Waals surface area (Å²) in [5.41, 5.74) is 0. The zero-order valence-electron chi connectivity index (χ0n) is 26.8. The van der Waals surface area contributed by atoms with Crippen molar-refractivity contribution in [2.45, 2.75) is 106 Å². The van der Waals surface area contributed by atoms with Crippen molar-refractivity contribution in [2.75, 3.05) is 21.1 Å². The lowest BCUT2D eigenvalue weighted by atomic mass is 9.99. The molecule has 41 heavy (non-hydrogen) atoms. The average Bonchev–Trinajstić information content (AvgIpc) is 2.84. The van der Waals surface area contributed by atoms with Crippen molar-refractivity contribution >= 4 is 35.6 Å². The Labute approximate surface area is 244 Å². The summed E-state index contributed by atoms with van der Waals surface area (Å²) < 4.78 is 16.7. The van der Waals surface area contributed by atoms with Crippen LogP contribution in [-0.4, -0.2) is 108 Å². The van der Waals surface area contributed by atoms with Crippen LogP contribution in [-0.2, 0) is 43.0 Å². The van der Waals surface area contributed by atoms with E-state index in [-0.39, 0.29) is 0 Å². The first-order valence-corrected chi connectivity index (χ1v) is 14.2. The van der Waals surface area contributed by atoms with E-state index in [1.165, 1.54) is 39.9 Å². The summed E-state index contributed by atoms with van der Waals surface area (Å²) in [7, 11) is 4.21. The van der Waals surface area contributed by atoms with Crippen LogP contribution in [0.2, 0.25) is 0 Å². The minimum Gasteiger partial charge on any atom is -0.451 e. The second-order valence-electron chi connectivity index (χ2n) is 12.2. The summed E-state index contributed by atoms with van der Waals surface area (Å²) in [5.74, 6) is -6.10. The molecule has 1 aliphatic rings. The molecular weight excluding hydrogens is 534 g/mol. The Morgan fingerprint density at radius 2 is 0.732 bits per heavy atom. The second-order valence-corrected chi connectivity index (χ2v) is 12.2. The maximum absolute atomic E-state index is 13.6. The predicted octanol–water partition coefficient (Wildman–Crippen LogP) is 1.88. The van der Waals surface area contributed by atoms with Gasteiger partial charge in [-0.25, -0.2) is 14.4 Å². The van der Waals surface area contributed by atoms with Crippen molar-refractivity contribution in [3.8, 4) is 0 Å². The number of hydrogen-bond donors (Lipinski definition) is 0. The maximum Gasteiger partial charge on any atom is 0.329 e. The van der Waals surface area contributed by atoms with Gasteiger partial charge in [-0.3, -0.25) is 14.4 Å². The summed E-state index contributed by atoms with van der Waals surface area (Å²) in [6, 6.07) is -3.29. The van der Waals surface area contributed by atoms with E-state index in [9.17, 15) is 28.8 Å². The quantitative estimate of drug-likeness (QED) is 0.358. The lowest BCUT2D eigenvalue weighted by Crippen LogP contribution is -2.56. The maximum atomic E-state index is 13.6. The molecular formula is C29H49N3O9. The van der Waals surface area contributed by atoms with E-state index in [1.54, 1.807) is 55.4 Å². The fourth-order valence-corrected chi connectivity index (χ4v) is 5.07. The first-order chi connectivity index (χ1) is 18.8. The number of carbonyl (C=O) groups is 6. The largest absolute Gasteiger partial charge is 0.451 e. The van der Waals surface area contributed by atoms with E-state index < -0.39 is 95.7 Å². The molecule has 0 aromatic carbocycles. The van der Waals surface area contributed by atoms with E-state index >= 15 is 0 Å². The van der Waals surface area contributed by atoms with E-state index in [4.69, 9.17) is 14.2 Å². The van der Waals surface area contributed by atoms with Gasteiger partial charge in [0.05, 0.1) is 0 Å². The van der Waals surface area contributed by atoms with Crippen LogP contribution in [0.25, 0.3) is 0 Å². The molecule has 0 bridgehead atoms. The molecule has 0 radical (unpaired) electrons. The number of nitrogens with zero attached hydrogens (tertiary/aromatic N) is 3. The van der Waals surface area contributed by atoms with E-state index in [2.05, 4.69) is 0 Å². The minimum atomic E-state index is -1.29. The van der Waals surface area contributed by atoms with Crippen molar-refractivity contribution < 1.29 is 43.0 Å². The normalized spacial score (nSPS) is 28.8. The fraction of sp³-hybridized carbons (Fsp3) is 0.793. The highest BCUT2D eigenvalue weighted by Gasteiger charge is 2.43. The number of rotatable bonds is 4. The number of carbonyl (C=O) groups excluding carboxylic acids is 6. The molecule has 0 unspecified atom stereocenters. The Morgan fingerprint density at radius 1 is 0.463 bits per heavy atom. The van der Waals surface area contributed by atoms with Crippen LogP contribution in [0.3, 0.4) is 0 Å². The first kappa shape index (κ1) is 35.8. The minimum absolute atomic E-state index is 0.413. The first-order valence-electron chi connectivity index (χ1n) is 14.2. The van der Waals surface area contributed by atoms with Crippen LogP contribution >= 0.6 is 0 Å². The lowest BCUT2D eigenvalue weighted by molar-refractivity contribution is -0.178. The molecule has 0 aromatic heterocycles. The molecule has 0 spiro atoms. The second kappa shape index (κ2) is 14.6. The molecule has 0 N–H and O–H groups in total.